The van der Waals surface area contributed by atoms with E-state index in [1.54, 1.807) is 30.3 Å². The summed E-state index contributed by atoms with van der Waals surface area (Å²) in [7, 11) is 0. The summed E-state index contributed by atoms with van der Waals surface area (Å²) in [4.78, 5) is 49.6. The molecule has 1 aromatic heterocycles. The number of carbonyl (C=O) groups excluding carboxylic acids is 1. The van der Waals surface area contributed by atoms with Crippen LogP contribution in [-0.2, 0) is 4.79 Å². The van der Waals surface area contributed by atoms with Crippen molar-refractivity contribution >= 4 is 29.2 Å². The first-order valence-electron chi connectivity index (χ1n) is 8.73. The van der Waals surface area contributed by atoms with Crippen molar-refractivity contribution in [3.8, 4) is 11.6 Å². The minimum atomic E-state index is -0.976. The highest BCUT2D eigenvalue weighted by Gasteiger charge is 2.21. The van der Waals surface area contributed by atoms with Crippen LogP contribution in [0.2, 0.25) is 0 Å². The third-order valence-electron chi connectivity index (χ3n) is 4.64. The number of nitro groups is 1. The molecule has 0 saturated carbocycles. The zero-order valence-corrected chi connectivity index (χ0v) is 15.2. The number of nitrogens with one attached hydrogen (secondary N) is 1. The minimum absolute atomic E-state index is 0.0159. The smallest absolute Gasteiger partial charge is 0.335 e. The lowest BCUT2D eigenvalue weighted by Crippen LogP contribution is -2.30. The van der Waals surface area contributed by atoms with Crippen LogP contribution in [0.3, 0.4) is 0 Å². The molecular weight excluding hydrogens is 390 g/mol. The number of aromatic hydroxyl groups is 1. The SMILES string of the molecule is O=C1C=Cc2ccccc2C1=Cc1c(O)n(-c2cccc([N+](=O)[O-])c2)c(=O)[nH]c1=O. The maximum atomic E-state index is 12.4. The van der Waals surface area contributed by atoms with Gasteiger partial charge in [-0.3, -0.25) is 24.7 Å². The molecule has 1 aliphatic rings. The van der Waals surface area contributed by atoms with Crippen molar-refractivity contribution in [1.82, 2.24) is 9.55 Å². The molecule has 9 nitrogen and oxygen atoms in total. The van der Waals surface area contributed by atoms with Gasteiger partial charge in [-0.15, -0.1) is 0 Å². The largest absolute Gasteiger partial charge is 0.494 e. The highest BCUT2D eigenvalue weighted by atomic mass is 16.6. The van der Waals surface area contributed by atoms with E-state index in [4.69, 9.17) is 0 Å². The molecule has 9 heteroatoms. The van der Waals surface area contributed by atoms with Crippen LogP contribution in [0.1, 0.15) is 16.7 Å². The lowest BCUT2D eigenvalue weighted by atomic mass is 9.90. The van der Waals surface area contributed by atoms with Crippen LogP contribution >= 0.6 is 0 Å². The van der Waals surface area contributed by atoms with Gasteiger partial charge in [0.25, 0.3) is 11.2 Å². The van der Waals surface area contributed by atoms with Crippen LogP contribution in [0, 0.1) is 10.1 Å². The number of hydrogen-bond donors (Lipinski definition) is 2. The summed E-state index contributed by atoms with van der Waals surface area (Å²) in [6, 6.07) is 12.0. The van der Waals surface area contributed by atoms with Crippen LogP contribution in [0.15, 0.2) is 64.2 Å². The summed E-state index contributed by atoms with van der Waals surface area (Å²) in [5, 5.41) is 21.7. The molecule has 0 spiro atoms. The summed E-state index contributed by atoms with van der Waals surface area (Å²) in [5.74, 6) is -1.11. The molecule has 2 aromatic carbocycles. The normalized spacial score (nSPS) is 14.0. The van der Waals surface area contributed by atoms with E-state index in [9.17, 15) is 29.6 Å². The van der Waals surface area contributed by atoms with Crippen molar-refractivity contribution in [3.05, 3.63) is 102 Å². The number of H-pyrrole nitrogens is 1. The molecule has 148 valence electrons. The molecule has 0 aliphatic heterocycles. The van der Waals surface area contributed by atoms with Crippen LogP contribution in [0.25, 0.3) is 23.4 Å². The number of fused-ring (bicyclic) bond motifs is 1. The third kappa shape index (κ3) is 3.14. The molecule has 4 rings (SSSR count). The molecule has 0 bridgehead atoms. The van der Waals surface area contributed by atoms with E-state index in [0.29, 0.717) is 5.56 Å². The average Bonchev–Trinajstić information content (AvgIpc) is 2.72. The number of benzene rings is 2. The summed E-state index contributed by atoms with van der Waals surface area (Å²) in [6.07, 6.45) is 4.19. The number of carbonyl (C=O) groups is 1. The van der Waals surface area contributed by atoms with Gasteiger partial charge >= 0.3 is 5.69 Å². The van der Waals surface area contributed by atoms with Crippen LogP contribution < -0.4 is 11.2 Å². The summed E-state index contributed by atoms with van der Waals surface area (Å²) < 4.78 is 0.732. The van der Waals surface area contributed by atoms with Gasteiger partial charge in [0.15, 0.2) is 5.78 Å². The van der Waals surface area contributed by atoms with E-state index in [1.165, 1.54) is 30.4 Å². The molecule has 0 fully saturated rings. The van der Waals surface area contributed by atoms with Crippen molar-refractivity contribution in [2.75, 3.05) is 0 Å². The first kappa shape index (κ1) is 18.8. The number of ketones is 1. The Bertz CT molecular complexity index is 1390. The van der Waals surface area contributed by atoms with E-state index in [0.717, 1.165) is 16.2 Å². The Morgan fingerprint density at radius 3 is 2.57 bits per heavy atom. The quantitative estimate of drug-likeness (QED) is 0.391. The number of hydrogen-bond acceptors (Lipinski definition) is 6. The third-order valence-corrected chi connectivity index (χ3v) is 4.64. The number of non-ortho nitro benzene ring substituents is 1. The fourth-order valence-corrected chi connectivity index (χ4v) is 3.22. The predicted molar refractivity (Wildman–Crippen MR) is 109 cm³/mol. The highest BCUT2D eigenvalue weighted by molar-refractivity contribution is 6.33. The van der Waals surface area contributed by atoms with Crippen LogP contribution in [-0.4, -0.2) is 25.4 Å². The van der Waals surface area contributed by atoms with Crippen molar-refractivity contribution in [2.45, 2.75) is 0 Å². The molecule has 2 N–H and O–H groups in total. The van der Waals surface area contributed by atoms with Gasteiger partial charge in [0.1, 0.15) is 5.56 Å². The Hall–Kier alpha value is -4.53. The van der Waals surface area contributed by atoms with E-state index in [1.807, 2.05) is 0 Å². The molecule has 30 heavy (non-hydrogen) atoms. The molecule has 1 heterocycles. The Balaban J connectivity index is 1.95. The predicted octanol–water partition coefficient (Wildman–Crippen LogP) is 2.28. The van der Waals surface area contributed by atoms with E-state index in [2.05, 4.69) is 4.98 Å². The summed E-state index contributed by atoms with van der Waals surface area (Å²) in [6.45, 7) is 0. The average molecular weight is 403 g/mol. The lowest BCUT2D eigenvalue weighted by molar-refractivity contribution is -0.384. The first-order chi connectivity index (χ1) is 14.4. The van der Waals surface area contributed by atoms with E-state index in [-0.39, 0.29) is 28.3 Å². The number of nitro benzene ring substituents is 1. The maximum Gasteiger partial charge on any atom is 0.335 e. The van der Waals surface area contributed by atoms with Gasteiger partial charge in [-0.05, 0) is 29.3 Å². The van der Waals surface area contributed by atoms with Crippen molar-refractivity contribution < 1.29 is 14.8 Å². The number of rotatable bonds is 3. The van der Waals surface area contributed by atoms with Crippen molar-refractivity contribution in [2.24, 2.45) is 0 Å². The second kappa shape index (κ2) is 7.13. The number of nitrogens with zero attached hydrogens (tertiary/aromatic N) is 2. The fourth-order valence-electron chi connectivity index (χ4n) is 3.22. The fraction of sp³-hybridized carbons (Fsp3) is 0. The molecular formula is C21H13N3O6. The summed E-state index contributed by atoms with van der Waals surface area (Å²) >= 11 is 0. The molecule has 0 saturated heterocycles. The van der Waals surface area contributed by atoms with Crippen LogP contribution in [0.5, 0.6) is 5.88 Å². The minimum Gasteiger partial charge on any atom is -0.494 e. The topological polar surface area (TPSA) is 135 Å². The molecule has 3 aromatic rings. The van der Waals surface area contributed by atoms with Crippen molar-refractivity contribution in [1.29, 1.82) is 0 Å². The van der Waals surface area contributed by atoms with E-state index < -0.39 is 22.1 Å². The Kier molecular flexibility index (Phi) is 4.47. The van der Waals surface area contributed by atoms with Gasteiger partial charge in [0, 0.05) is 17.7 Å². The highest BCUT2D eigenvalue weighted by Crippen LogP contribution is 2.29. The lowest BCUT2D eigenvalue weighted by Gasteiger charge is -2.14. The monoisotopic (exact) mass is 403 g/mol. The first-order valence-corrected chi connectivity index (χ1v) is 8.73. The second-order valence-electron chi connectivity index (χ2n) is 6.45. The van der Waals surface area contributed by atoms with Crippen molar-refractivity contribution in [3.63, 3.8) is 0 Å². The van der Waals surface area contributed by atoms with Gasteiger partial charge in [-0.25, -0.2) is 9.36 Å². The molecule has 0 atom stereocenters. The number of allylic oxidation sites excluding steroid dienone is 2. The number of aromatic amines is 1. The zero-order chi connectivity index (χ0) is 21.4. The summed E-state index contributed by atoms with van der Waals surface area (Å²) in [5.41, 5.74) is -1.03. The Morgan fingerprint density at radius 2 is 1.80 bits per heavy atom. The molecule has 0 radical (unpaired) electrons. The van der Waals surface area contributed by atoms with Gasteiger partial charge in [-0.2, -0.15) is 0 Å². The van der Waals surface area contributed by atoms with E-state index >= 15 is 0 Å². The van der Waals surface area contributed by atoms with Gasteiger partial charge in [0.2, 0.25) is 5.88 Å². The standard InChI is InChI=1S/C21H13N3O6/c25-18-9-8-12-4-1-2-7-15(12)16(18)11-17-19(26)22-21(28)23(20(17)27)13-5-3-6-14(10-13)24(29)30/h1-11,27H,(H,22,26,28). The van der Waals surface area contributed by atoms with Gasteiger partial charge in [-0.1, -0.05) is 36.4 Å². The Morgan fingerprint density at radius 1 is 1.03 bits per heavy atom. The number of aromatic nitrogens is 2. The maximum absolute atomic E-state index is 12.4. The zero-order valence-electron chi connectivity index (χ0n) is 15.2. The van der Waals surface area contributed by atoms with Crippen LogP contribution in [0.4, 0.5) is 5.69 Å². The molecule has 0 unspecified atom stereocenters. The molecule has 1 aliphatic carbocycles. The van der Waals surface area contributed by atoms with Gasteiger partial charge < -0.3 is 5.11 Å². The molecule has 0 amide bonds. The Labute approximate surface area is 168 Å². The second-order valence-corrected chi connectivity index (χ2v) is 6.45. The van der Waals surface area contributed by atoms with Gasteiger partial charge in [0.05, 0.1) is 10.6 Å².